The largest absolute Gasteiger partial charge is 0.313 e. The Kier molecular flexibility index (Phi) is 8.97. The zero-order valence-corrected chi connectivity index (χ0v) is 21.2. The molecule has 4 atom stereocenters. The molecule has 0 spiro atoms. The number of fused-ring (bicyclic) bond motifs is 5. The molecule has 1 aromatic carbocycles. The summed E-state index contributed by atoms with van der Waals surface area (Å²) < 4.78 is 0. The lowest BCUT2D eigenvalue weighted by molar-refractivity contribution is 0.0813. The van der Waals surface area contributed by atoms with Crippen LogP contribution in [0.1, 0.15) is 81.4 Å². The fourth-order valence-electron chi connectivity index (χ4n) is 6.71. The van der Waals surface area contributed by atoms with E-state index >= 15 is 0 Å². The molecule has 1 N–H and O–H groups in total. The van der Waals surface area contributed by atoms with Crippen LogP contribution in [-0.4, -0.2) is 38.6 Å². The van der Waals surface area contributed by atoms with Gasteiger partial charge in [-0.2, -0.15) is 5.26 Å². The molecule has 0 bridgehead atoms. The van der Waals surface area contributed by atoms with Gasteiger partial charge in [-0.15, -0.1) is 0 Å². The number of aryl methyl sites for hydroxylation is 2. The number of hydrogen-bond donors (Lipinski definition) is 1. The number of rotatable bonds is 6. The second-order valence-electron chi connectivity index (χ2n) is 10.7. The minimum atomic E-state index is 0.467. The van der Waals surface area contributed by atoms with Gasteiger partial charge in [0.05, 0.1) is 6.07 Å². The van der Waals surface area contributed by atoms with Crippen LogP contribution in [0.4, 0.5) is 0 Å². The van der Waals surface area contributed by atoms with Crippen LogP contribution in [0.25, 0.3) is 0 Å². The van der Waals surface area contributed by atoms with Gasteiger partial charge in [-0.25, -0.2) is 0 Å². The fourth-order valence-corrected chi connectivity index (χ4v) is 6.71. The molecule has 32 heavy (non-hydrogen) atoms. The Morgan fingerprint density at radius 3 is 2.72 bits per heavy atom. The molecule has 0 aromatic heterocycles. The Balaban J connectivity index is 0.000000668. The fraction of sp³-hybridized carbons (Fsp3) is 0.690. The Labute approximate surface area is 197 Å². The van der Waals surface area contributed by atoms with Crippen LogP contribution in [0.3, 0.4) is 0 Å². The average molecular weight is 436 g/mol. The molecule has 2 fully saturated rings. The van der Waals surface area contributed by atoms with Crippen molar-refractivity contribution < 1.29 is 0 Å². The van der Waals surface area contributed by atoms with Crippen molar-refractivity contribution in [1.29, 1.82) is 5.26 Å². The number of benzene rings is 1. The molecule has 0 heterocycles. The van der Waals surface area contributed by atoms with Crippen LogP contribution in [0.5, 0.6) is 0 Å². The summed E-state index contributed by atoms with van der Waals surface area (Å²) in [6.45, 7) is 10.0. The smallest absolute Gasteiger partial charge is 0.0618 e. The van der Waals surface area contributed by atoms with Crippen LogP contribution in [0.15, 0.2) is 29.8 Å². The first-order chi connectivity index (χ1) is 15.4. The highest BCUT2D eigenvalue weighted by molar-refractivity contribution is 5.38. The van der Waals surface area contributed by atoms with Gasteiger partial charge in [0.25, 0.3) is 0 Å². The van der Waals surface area contributed by atoms with E-state index in [0.29, 0.717) is 11.8 Å². The topological polar surface area (TPSA) is 39.1 Å². The van der Waals surface area contributed by atoms with Crippen molar-refractivity contribution in [2.24, 2.45) is 17.3 Å². The highest BCUT2D eigenvalue weighted by atomic mass is 15.0. The summed E-state index contributed by atoms with van der Waals surface area (Å²) in [5.74, 6) is 2.64. The first-order valence-corrected chi connectivity index (χ1v) is 12.9. The molecule has 2 saturated carbocycles. The molecule has 3 heteroatoms. The van der Waals surface area contributed by atoms with Crippen LogP contribution >= 0.6 is 0 Å². The summed E-state index contributed by atoms with van der Waals surface area (Å²) in [6.07, 6.45) is 12.7. The predicted molar refractivity (Wildman–Crippen MR) is 136 cm³/mol. The molecule has 1 aromatic rings. The molecular formula is C29H45N3. The van der Waals surface area contributed by atoms with Crippen molar-refractivity contribution >= 4 is 0 Å². The van der Waals surface area contributed by atoms with E-state index in [0.717, 1.165) is 30.8 Å². The molecule has 0 radical (unpaired) electrons. The third-order valence-corrected chi connectivity index (χ3v) is 8.34. The van der Waals surface area contributed by atoms with Crippen molar-refractivity contribution in [1.82, 2.24) is 10.2 Å². The van der Waals surface area contributed by atoms with E-state index < -0.39 is 0 Å². The van der Waals surface area contributed by atoms with E-state index in [1.807, 2.05) is 13.0 Å². The van der Waals surface area contributed by atoms with E-state index in [9.17, 15) is 0 Å². The summed E-state index contributed by atoms with van der Waals surface area (Å²) in [4.78, 5) is 2.27. The first-order valence-electron chi connectivity index (χ1n) is 12.9. The van der Waals surface area contributed by atoms with Crippen LogP contribution in [0.2, 0.25) is 0 Å². The Bertz CT molecular complexity index is 818. The van der Waals surface area contributed by atoms with Gasteiger partial charge in [0.1, 0.15) is 0 Å². The van der Waals surface area contributed by atoms with E-state index in [2.05, 4.69) is 62.4 Å². The SMILES string of the molecule is CCC#N.Cc1ccc2c(c1)CCC1C2CCC2(C)/C(=C/CNCCCN(C)C)CCC12. The van der Waals surface area contributed by atoms with Crippen LogP contribution < -0.4 is 5.32 Å². The average Bonchev–Trinajstić information content (AvgIpc) is 3.12. The van der Waals surface area contributed by atoms with Gasteiger partial charge in [-0.1, -0.05) is 49.3 Å². The molecule has 4 unspecified atom stereocenters. The van der Waals surface area contributed by atoms with Gasteiger partial charge in [-0.3, -0.25) is 0 Å². The molecule has 3 aliphatic rings. The Hall–Kier alpha value is -1.63. The maximum Gasteiger partial charge on any atom is 0.0618 e. The van der Waals surface area contributed by atoms with E-state index in [1.54, 1.807) is 16.7 Å². The first kappa shape index (κ1) is 25.0. The lowest BCUT2D eigenvalue weighted by Gasteiger charge is -2.49. The molecule has 176 valence electrons. The normalized spacial score (nSPS) is 29.5. The van der Waals surface area contributed by atoms with Gasteiger partial charge < -0.3 is 10.2 Å². The molecule has 3 nitrogen and oxygen atoms in total. The Morgan fingerprint density at radius 2 is 2.00 bits per heavy atom. The van der Waals surface area contributed by atoms with Crippen molar-refractivity contribution in [3.8, 4) is 6.07 Å². The summed E-state index contributed by atoms with van der Waals surface area (Å²) in [5, 5.41) is 11.3. The van der Waals surface area contributed by atoms with Crippen LogP contribution in [-0.2, 0) is 6.42 Å². The van der Waals surface area contributed by atoms with E-state index in [4.69, 9.17) is 5.26 Å². The van der Waals surface area contributed by atoms with Gasteiger partial charge in [0.2, 0.25) is 0 Å². The molecule has 0 aliphatic heterocycles. The van der Waals surface area contributed by atoms with Crippen molar-refractivity contribution in [2.75, 3.05) is 33.7 Å². The summed E-state index contributed by atoms with van der Waals surface area (Å²) in [6, 6.07) is 9.20. The van der Waals surface area contributed by atoms with Gasteiger partial charge in [0.15, 0.2) is 0 Å². The third kappa shape index (κ3) is 5.64. The number of nitriles is 1. The predicted octanol–water partition coefficient (Wildman–Crippen LogP) is 6.24. The van der Waals surface area contributed by atoms with Gasteiger partial charge in [0, 0.05) is 13.0 Å². The number of allylic oxidation sites excluding steroid dienone is 1. The van der Waals surface area contributed by atoms with Gasteiger partial charge in [-0.05, 0) is 113 Å². The summed E-state index contributed by atoms with van der Waals surface area (Å²) >= 11 is 0. The van der Waals surface area contributed by atoms with Crippen LogP contribution in [0, 0.1) is 35.5 Å². The number of nitrogens with zero attached hydrogens (tertiary/aromatic N) is 2. The number of hydrogen-bond acceptors (Lipinski definition) is 3. The summed E-state index contributed by atoms with van der Waals surface area (Å²) in [7, 11) is 4.31. The standard InChI is InChI=1S/C26H40N2.C3H5N/c1-19-6-9-22-20(18-19)7-10-24-23(22)12-14-26(2)21(8-11-25(24)26)13-16-27-15-5-17-28(3)4;1-2-3-4/h6,9,13,18,23-25,27H,5,7-8,10-12,14-17H2,1-4H3;2H2,1H3/b21-13+;. The van der Waals surface area contributed by atoms with Crippen molar-refractivity contribution in [3.05, 3.63) is 46.5 Å². The molecule has 0 saturated heterocycles. The molecule has 3 aliphatic carbocycles. The highest BCUT2D eigenvalue weighted by Crippen LogP contribution is 2.62. The minimum absolute atomic E-state index is 0.467. The van der Waals surface area contributed by atoms with Gasteiger partial charge >= 0.3 is 0 Å². The highest BCUT2D eigenvalue weighted by Gasteiger charge is 2.52. The molecule has 0 amide bonds. The zero-order chi connectivity index (χ0) is 23.1. The summed E-state index contributed by atoms with van der Waals surface area (Å²) in [5.41, 5.74) is 7.02. The molecular weight excluding hydrogens is 390 g/mol. The lowest BCUT2D eigenvalue weighted by Crippen LogP contribution is -2.40. The minimum Gasteiger partial charge on any atom is -0.313 e. The van der Waals surface area contributed by atoms with Crippen molar-refractivity contribution in [2.45, 2.75) is 78.1 Å². The van der Waals surface area contributed by atoms with E-state index in [-0.39, 0.29) is 0 Å². The number of nitrogens with one attached hydrogen (secondary N) is 1. The second kappa shape index (κ2) is 11.5. The maximum absolute atomic E-state index is 7.62. The second-order valence-corrected chi connectivity index (χ2v) is 10.7. The van der Waals surface area contributed by atoms with Crippen molar-refractivity contribution in [3.63, 3.8) is 0 Å². The Morgan fingerprint density at radius 1 is 1.22 bits per heavy atom. The third-order valence-electron chi connectivity index (χ3n) is 8.34. The zero-order valence-electron chi connectivity index (χ0n) is 21.2. The molecule has 4 rings (SSSR count). The van der Waals surface area contributed by atoms with E-state index in [1.165, 1.54) is 57.1 Å². The quantitative estimate of drug-likeness (QED) is 0.425. The monoisotopic (exact) mass is 435 g/mol. The lowest BCUT2D eigenvalue weighted by atomic mass is 9.55. The maximum atomic E-state index is 7.62.